The van der Waals surface area contributed by atoms with Crippen molar-refractivity contribution in [3.05, 3.63) is 60.7 Å². The maximum atomic E-state index is 13.1. The van der Waals surface area contributed by atoms with E-state index in [4.69, 9.17) is 4.74 Å². The number of methoxy groups -OCH3 is 1. The van der Waals surface area contributed by atoms with Gasteiger partial charge in [0.05, 0.1) is 7.11 Å². The Labute approximate surface area is 170 Å². The van der Waals surface area contributed by atoms with Crippen LogP contribution in [0.1, 0.15) is 5.82 Å². The van der Waals surface area contributed by atoms with Crippen LogP contribution in [-0.2, 0) is 10.0 Å². The van der Waals surface area contributed by atoms with Gasteiger partial charge in [-0.3, -0.25) is 0 Å². The van der Waals surface area contributed by atoms with Gasteiger partial charge in [-0.05, 0) is 31.2 Å². The largest absolute Gasteiger partial charge is 0.495 e. The first-order chi connectivity index (χ1) is 14.0. The second kappa shape index (κ2) is 7.84. The lowest BCUT2D eigenvalue weighted by Gasteiger charge is -2.35. The molecule has 1 aliphatic heterocycles. The molecule has 8 nitrogen and oxygen atoms in total. The van der Waals surface area contributed by atoms with Crippen LogP contribution < -0.4 is 9.64 Å². The third-order valence-corrected chi connectivity index (χ3v) is 6.87. The molecule has 0 bridgehead atoms. The van der Waals surface area contributed by atoms with Gasteiger partial charge in [-0.2, -0.15) is 4.31 Å². The highest BCUT2D eigenvalue weighted by molar-refractivity contribution is 7.89. The van der Waals surface area contributed by atoms with Crippen LogP contribution in [0.4, 0.5) is 5.82 Å². The lowest BCUT2D eigenvalue weighted by atomic mass is 10.3. The molecule has 1 aromatic carbocycles. The van der Waals surface area contributed by atoms with Crippen molar-refractivity contribution in [1.29, 1.82) is 0 Å². The third kappa shape index (κ3) is 3.83. The smallest absolute Gasteiger partial charge is 0.246 e. The van der Waals surface area contributed by atoms with Gasteiger partial charge in [0.1, 0.15) is 28.1 Å². The molecule has 0 N–H and O–H groups in total. The quantitative estimate of drug-likeness (QED) is 0.637. The maximum absolute atomic E-state index is 13.1. The van der Waals surface area contributed by atoms with Crippen LogP contribution in [0.5, 0.6) is 5.75 Å². The van der Waals surface area contributed by atoms with E-state index in [0.717, 1.165) is 11.6 Å². The van der Waals surface area contributed by atoms with Crippen LogP contribution in [0.2, 0.25) is 0 Å². The molecule has 0 amide bonds. The van der Waals surface area contributed by atoms with Crippen molar-refractivity contribution in [2.75, 3.05) is 38.2 Å². The van der Waals surface area contributed by atoms with Gasteiger partial charge < -0.3 is 14.2 Å². The minimum atomic E-state index is -3.62. The molecule has 3 heterocycles. The van der Waals surface area contributed by atoms with Crippen molar-refractivity contribution >= 4 is 15.8 Å². The minimum absolute atomic E-state index is 0.198. The van der Waals surface area contributed by atoms with E-state index < -0.39 is 10.0 Å². The fraction of sp³-hybridized carbons (Fsp3) is 0.300. The summed E-state index contributed by atoms with van der Waals surface area (Å²) in [6.07, 6.45) is 3.87. The zero-order valence-corrected chi connectivity index (χ0v) is 17.2. The number of piperazine rings is 1. The lowest BCUT2D eigenvalue weighted by molar-refractivity contribution is 0.373. The summed E-state index contributed by atoms with van der Waals surface area (Å²) < 4.78 is 34.8. The van der Waals surface area contributed by atoms with Gasteiger partial charge in [-0.1, -0.05) is 12.1 Å². The zero-order valence-electron chi connectivity index (χ0n) is 16.4. The molecule has 0 unspecified atom stereocenters. The molecule has 0 atom stereocenters. The minimum Gasteiger partial charge on any atom is -0.495 e. The average molecular weight is 414 g/mol. The van der Waals surface area contributed by atoms with Crippen LogP contribution in [0.25, 0.3) is 5.82 Å². The standard InChI is InChI=1S/C20H23N5O3S/c1-16-21-19(23-9-5-6-10-23)15-20(22-16)24-11-13-25(14-12-24)29(26,27)18-8-4-3-7-17(18)28-2/h3-10,15H,11-14H2,1-2H3. The van der Waals surface area contributed by atoms with Crippen LogP contribution in [0, 0.1) is 6.92 Å². The van der Waals surface area contributed by atoms with E-state index in [0.29, 0.717) is 37.8 Å². The normalized spacial score (nSPS) is 15.4. The molecule has 9 heteroatoms. The Bertz CT molecular complexity index is 1090. The average Bonchev–Trinajstić information content (AvgIpc) is 3.28. The Hall–Kier alpha value is -2.91. The highest BCUT2D eigenvalue weighted by atomic mass is 32.2. The van der Waals surface area contributed by atoms with Crippen molar-refractivity contribution in [2.24, 2.45) is 0 Å². The first-order valence-electron chi connectivity index (χ1n) is 9.36. The highest BCUT2D eigenvalue weighted by Gasteiger charge is 2.31. The van der Waals surface area contributed by atoms with E-state index in [9.17, 15) is 8.42 Å². The fourth-order valence-electron chi connectivity index (χ4n) is 3.45. The van der Waals surface area contributed by atoms with Crippen molar-refractivity contribution < 1.29 is 13.2 Å². The second-order valence-electron chi connectivity index (χ2n) is 6.76. The van der Waals surface area contributed by atoms with E-state index in [-0.39, 0.29) is 4.90 Å². The summed E-state index contributed by atoms with van der Waals surface area (Å²) in [4.78, 5) is 11.3. The summed E-state index contributed by atoms with van der Waals surface area (Å²) >= 11 is 0. The van der Waals surface area contributed by atoms with E-state index in [1.165, 1.54) is 11.4 Å². The highest BCUT2D eigenvalue weighted by Crippen LogP contribution is 2.27. The number of hydrogen-bond acceptors (Lipinski definition) is 6. The first kappa shape index (κ1) is 19.4. The van der Waals surface area contributed by atoms with Crippen molar-refractivity contribution in [1.82, 2.24) is 18.8 Å². The fourth-order valence-corrected chi connectivity index (χ4v) is 5.02. The van der Waals surface area contributed by atoms with Gasteiger partial charge >= 0.3 is 0 Å². The molecule has 29 heavy (non-hydrogen) atoms. The predicted octanol–water partition coefficient (Wildman–Crippen LogP) is 2.10. The third-order valence-electron chi connectivity index (χ3n) is 4.93. The number of sulfonamides is 1. The molecular formula is C20H23N5O3S. The van der Waals surface area contributed by atoms with Crippen molar-refractivity contribution in [3.63, 3.8) is 0 Å². The maximum Gasteiger partial charge on any atom is 0.246 e. The van der Waals surface area contributed by atoms with E-state index in [1.54, 1.807) is 24.3 Å². The number of aromatic nitrogens is 3. The number of hydrogen-bond donors (Lipinski definition) is 0. The molecule has 2 aromatic heterocycles. The van der Waals surface area contributed by atoms with Crippen LogP contribution >= 0.6 is 0 Å². The zero-order chi connectivity index (χ0) is 20.4. The number of aryl methyl sites for hydroxylation is 1. The van der Waals surface area contributed by atoms with Crippen molar-refractivity contribution in [2.45, 2.75) is 11.8 Å². The molecule has 3 aromatic rings. The summed E-state index contributed by atoms with van der Waals surface area (Å²) in [6, 6.07) is 12.5. The summed E-state index contributed by atoms with van der Waals surface area (Å²) in [5.41, 5.74) is 0. The molecule has 0 spiro atoms. The summed E-state index contributed by atoms with van der Waals surface area (Å²) in [7, 11) is -2.14. The predicted molar refractivity (Wildman–Crippen MR) is 110 cm³/mol. The Morgan fingerprint density at radius 1 is 0.931 bits per heavy atom. The molecule has 0 saturated carbocycles. The van der Waals surface area contributed by atoms with Crippen molar-refractivity contribution in [3.8, 4) is 11.6 Å². The summed E-state index contributed by atoms with van der Waals surface area (Å²) in [5.74, 6) is 2.63. The summed E-state index contributed by atoms with van der Waals surface area (Å²) in [6.45, 7) is 3.72. The van der Waals surface area contributed by atoms with Crippen LogP contribution in [-0.4, -0.2) is 60.5 Å². The number of ether oxygens (including phenoxy) is 1. The second-order valence-corrected chi connectivity index (χ2v) is 8.67. The number of para-hydroxylation sites is 1. The van der Waals surface area contributed by atoms with E-state index in [1.807, 2.05) is 42.1 Å². The Morgan fingerprint density at radius 3 is 2.28 bits per heavy atom. The molecule has 1 fully saturated rings. The Kier molecular flexibility index (Phi) is 5.25. The SMILES string of the molecule is COc1ccccc1S(=O)(=O)N1CCN(c2cc(-n3cccc3)nc(C)n2)CC1. The van der Waals surface area contributed by atoms with Crippen LogP contribution in [0.15, 0.2) is 59.8 Å². The monoisotopic (exact) mass is 413 g/mol. The molecule has 152 valence electrons. The summed E-state index contributed by atoms with van der Waals surface area (Å²) in [5, 5.41) is 0. The number of nitrogens with zero attached hydrogens (tertiary/aromatic N) is 5. The number of benzene rings is 1. The van der Waals surface area contributed by atoms with Gasteiger partial charge in [-0.25, -0.2) is 18.4 Å². The van der Waals surface area contributed by atoms with Gasteiger partial charge in [-0.15, -0.1) is 0 Å². The van der Waals surface area contributed by atoms with Gasteiger partial charge in [0.15, 0.2) is 0 Å². The molecule has 1 saturated heterocycles. The molecule has 1 aliphatic rings. The molecule has 0 aliphatic carbocycles. The molecule has 4 rings (SSSR count). The number of rotatable bonds is 5. The van der Waals surface area contributed by atoms with E-state index >= 15 is 0 Å². The number of anilines is 1. The van der Waals surface area contributed by atoms with Gasteiger partial charge in [0.2, 0.25) is 10.0 Å². The topological polar surface area (TPSA) is 80.6 Å². The van der Waals surface area contributed by atoms with E-state index in [2.05, 4.69) is 14.9 Å². The van der Waals surface area contributed by atoms with Gasteiger partial charge in [0, 0.05) is 44.6 Å². The first-order valence-corrected chi connectivity index (χ1v) is 10.8. The van der Waals surface area contributed by atoms with Gasteiger partial charge in [0.25, 0.3) is 0 Å². The Morgan fingerprint density at radius 2 is 1.59 bits per heavy atom. The molecule has 0 radical (unpaired) electrons. The Balaban J connectivity index is 1.53. The van der Waals surface area contributed by atoms with Crippen LogP contribution in [0.3, 0.4) is 0 Å². The molecular weight excluding hydrogens is 390 g/mol. The lowest BCUT2D eigenvalue weighted by Crippen LogP contribution is -2.49.